The van der Waals surface area contributed by atoms with Crippen LogP contribution in [0.2, 0.25) is 0 Å². The number of nitrogens with zero attached hydrogens (tertiary/aromatic N) is 2. The van der Waals surface area contributed by atoms with E-state index in [2.05, 4.69) is 22.6 Å². The number of halogens is 1. The Labute approximate surface area is 120 Å². The van der Waals surface area contributed by atoms with Crippen LogP contribution in [-0.4, -0.2) is 22.6 Å². The van der Waals surface area contributed by atoms with Gasteiger partial charge in [0.2, 0.25) is 0 Å². The van der Waals surface area contributed by atoms with Crippen LogP contribution in [0, 0.1) is 5.82 Å². The van der Waals surface area contributed by atoms with Crippen molar-refractivity contribution in [3.8, 4) is 0 Å². The molecule has 1 aromatic heterocycles. The van der Waals surface area contributed by atoms with Gasteiger partial charge in [-0.3, -0.25) is 4.90 Å². The smallest absolute Gasteiger partial charge is 0.123 e. The molecule has 0 radical (unpaired) electrons. The molecule has 0 unspecified atom stereocenters. The second kappa shape index (κ2) is 5.96. The number of aryl methyl sites for hydroxylation is 1. The van der Waals surface area contributed by atoms with Gasteiger partial charge in [-0.2, -0.15) is 0 Å². The third kappa shape index (κ3) is 2.73. The quantitative estimate of drug-likeness (QED) is 0.815. The van der Waals surface area contributed by atoms with E-state index in [4.69, 9.17) is 0 Å². The Morgan fingerprint density at radius 2 is 1.85 bits per heavy atom. The molecule has 3 rings (SSSR count). The lowest BCUT2D eigenvalue weighted by Crippen LogP contribution is -2.23. The summed E-state index contributed by atoms with van der Waals surface area (Å²) in [7, 11) is 0. The predicted octanol–water partition coefficient (Wildman–Crippen LogP) is 4.18. The van der Waals surface area contributed by atoms with Crippen molar-refractivity contribution < 1.29 is 4.39 Å². The number of rotatable bonds is 3. The fourth-order valence-electron chi connectivity index (χ4n) is 3.27. The summed E-state index contributed by atoms with van der Waals surface area (Å²) in [6, 6.07) is 5.15. The summed E-state index contributed by atoms with van der Waals surface area (Å²) in [5.74, 6) is -0.136. The number of fused-ring (bicyclic) bond motifs is 1. The molecule has 1 aromatic carbocycles. The van der Waals surface area contributed by atoms with Crippen LogP contribution < -0.4 is 0 Å². The Hall–Kier alpha value is -1.35. The molecular formula is C17H23FN2. The average Bonchev–Trinajstić information content (AvgIpc) is 2.63. The van der Waals surface area contributed by atoms with E-state index in [9.17, 15) is 4.39 Å². The van der Waals surface area contributed by atoms with Crippen LogP contribution in [0.15, 0.2) is 24.4 Å². The highest BCUT2D eigenvalue weighted by atomic mass is 19.1. The summed E-state index contributed by atoms with van der Waals surface area (Å²) in [4.78, 5) is 2.52. The van der Waals surface area contributed by atoms with E-state index in [0.29, 0.717) is 0 Å². The molecule has 0 aliphatic carbocycles. The van der Waals surface area contributed by atoms with Gasteiger partial charge in [0.1, 0.15) is 5.82 Å². The Morgan fingerprint density at radius 1 is 1.10 bits per heavy atom. The molecule has 2 heterocycles. The monoisotopic (exact) mass is 274 g/mol. The van der Waals surface area contributed by atoms with Crippen molar-refractivity contribution in [2.24, 2.45) is 0 Å². The van der Waals surface area contributed by atoms with E-state index in [-0.39, 0.29) is 5.82 Å². The second-order valence-corrected chi connectivity index (χ2v) is 5.79. The minimum atomic E-state index is -0.136. The highest BCUT2D eigenvalue weighted by molar-refractivity contribution is 5.84. The van der Waals surface area contributed by atoms with Crippen LogP contribution in [0.25, 0.3) is 10.9 Å². The molecule has 0 saturated carbocycles. The van der Waals surface area contributed by atoms with Gasteiger partial charge in [0.25, 0.3) is 0 Å². The van der Waals surface area contributed by atoms with Crippen LogP contribution in [-0.2, 0) is 13.1 Å². The summed E-state index contributed by atoms with van der Waals surface area (Å²) in [5.41, 5.74) is 2.42. The molecule has 0 N–H and O–H groups in total. The van der Waals surface area contributed by atoms with Gasteiger partial charge in [-0.15, -0.1) is 0 Å². The van der Waals surface area contributed by atoms with Crippen molar-refractivity contribution in [3.05, 3.63) is 35.8 Å². The van der Waals surface area contributed by atoms with Crippen molar-refractivity contribution in [1.82, 2.24) is 9.47 Å². The zero-order valence-electron chi connectivity index (χ0n) is 12.2. The first-order valence-corrected chi connectivity index (χ1v) is 7.77. The number of likely N-dealkylation sites (tertiary alicyclic amines) is 1. The molecule has 1 saturated heterocycles. The molecule has 1 fully saturated rings. The topological polar surface area (TPSA) is 8.17 Å². The maximum atomic E-state index is 13.6. The fourth-order valence-corrected chi connectivity index (χ4v) is 3.27. The second-order valence-electron chi connectivity index (χ2n) is 5.79. The average molecular weight is 274 g/mol. The number of aromatic nitrogens is 1. The van der Waals surface area contributed by atoms with Gasteiger partial charge in [-0.25, -0.2) is 4.39 Å². The molecular weight excluding hydrogens is 251 g/mol. The molecule has 2 aromatic rings. The lowest BCUT2D eigenvalue weighted by Gasteiger charge is -2.19. The van der Waals surface area contributed by atoms with E-state index < -0.39 is 0 Å². The standard InChI is InChI=1S/C17H23FN2/c1-2-20-13-14(12-19-9-5-3-4-6-10-19)16-11-15(18)7-8-17(16)20/h7-8,11,13H,2-6,9-10,12H2,1H3. The molecule has 0 spiro atoms. The third-order valence-electron chi connectivity index (χ3n) is 4.36. The molecule has 3 heteroatoms. The van der Waals surface area contributed by atoms with Crippen molar-refractivity contribution in [3.63, 3.8) is 0 Å². The lowest BCUT2D eigenvalue weighted by molar-refractivity contribution is 0.278. The van der Waals surface area contributed by atoms with Crippen LogP contribution in [0.3, 0.4) is 0 Å². The highest BCUT2D eigenvalue weighted by Crippen LogP contribution is 2.24. The van der Waals surface area contributed by atoms with E-state index in [1.165, 1.54) is 44.3 Å². The molecule has 1 aliphatic heterocycles. The predicted molar refractivity (Wildman–Crippen MR) is 81.3 cm³/mol. The summed E-state index contributed by atoms with van der Waals surface area (Å²) < 4.78 is 15.8. The summed E-state index contributed by atoms with van der Waals surface area (Å²) >= 11 is 0. The molecule has 2 nitrogen and oxygen atoms in total. The molecule has 20 heavy (non-hydrogen) atoms. The normalized spacial score (nSPS) is 17.5. The minimum absolute atomic E-state index is 0.136. The van der Waals surface area contributed by atoms with Crippen molar-refractivity contribution in [1.29, 1.82) is 0 Å². The third-order valence-corrected chi connectivity index (χ3v) is 4.36. The maximum Gasteiger partial charge on any atom is 0.123 e. The minimum Gasteiger partial charge on any atom is -0.347 e. The summed E-state index contributed by atoms with van der Waals surface area (Å²) in [6.45, 7) is 6.37. The van der Waals surface area contributed by atoms with Gasteiger partial charge in [0.05, 0.1) is 0 Å². The molecule has 0 amide bonds. The molecule has 1 aliphatic rings. The first kappa shape index (κ1) is 13.6. The number of hydrogen-bond donors (Lipinski definition) is 0. The molecule has 108 valence electrons. The maximum absolute atomic E-state index is 13.6. The van der Waals surface area contributed by atoms with Crippen LogP contribution in [0.1, 0.15) is 38.2 Å². The lowest BCUT2D eigenvalue weighted by atomic mass is 10.1. The van der Waals surface area contributed by atoms with E-state index in [0.717, 1.165) is 24.0 Å². The van der Waals surface area contributed by atoms with Gasteiger partial charge in [-0.1, -0.05) is 12.8 Å². The first-order valence-electron chi connectivity index (χ1n) is 7.77. The fraction of sp³-hybridized carbons (Fsp3) is 0.529. The number of benzene rings is 1. The van der Waals surface area contributed by atoms with Gasteiger partial charge >= 0.3 is 0 Å². The number of hydrogen-bond acceptors (Lipinski definition) is 1. The zero-order chi connectivity index (χ0) is 13.9. The summed E-state index contributed by atoms with van der Waals surface area (Å²) in [5, 5.41) is 1.08. The van der Waals surface area contributed by atoms with Crippen LogP contribution in [0.4, 0.5) is 4.39 Å². The van der Waals surface area contributed by atoms with Gasteiger partial charge in [-0.05, 0) is 56.6 Å². The van der Waals surface area contributed by atoms with Gasteiger partial charge in [0.15, 0.2) is 0 Å². The SMILES string of the molecule is CCn1cc(CN2CCCCCC2)c2cc(F)ccc21. The summed E-state index contributed by atoms with van der Waals surface area (Å²) in [6.07, 6.45) is 7.49. The Morgan fingerprint density at radius 3 is 2.55 bits per heavy atom. The van der Waals surface area contributed by atoms with Gasteiger partial charge < -0.3 is 4.57 Å². The van der Waals surface area contributed by atoms with E-state index in [1.807, 2.05) is 6.07 Å². The molecule has 0 atom stereocenters. The van der Waals surface area contributed by atoms with Crippen LogP contribution in [0.5, 0.6) is 0 Å². The van der Waals surface area contributed by atoms with Crippen LogP contribution >= 0.6 is 0 Å². The van der Waals surface area contributed by atoms with Gasteiger partial charge in [0, 0.05) is 30.2 Å². The highest BCUT2D eigenvalue weighted by Gasteiger charge is 2.14. The van der Waals surface area contributed by atoms with Crippen molar-refractivity contribution in [2.75, 3.05) is 13.1 Å². The Bertz CT molecular complexity index is 580. The Balaban J connectivity index is 1.91. The van der Waals surface area contributed by atoms with Crippen molar-refractivity contribution >= 4 is 10.9 Å². The largest absolute Gasteiger partial charge is 0.347 e. The zero-order valence-corrected chi connectivity index (χ0v) is 12.2. The Kier molecular flexibility index (Phi) is 4.06. The molecule has 0 bridgehead atoms. The van der Waals surface area contributed by atoms with E-state index >= 15 is 0 Å². The first-order chi connectivity index (χ1) is 9.78. The van der Waals surface area contributed by atoms with Crippen molar-refractivity contribution in [2.45, 2.75) is 45.7 Å². The van der Waals surface area contributed by atoms with E-state index in [1.54, 1.807) is 12.1 Å².